The summed E-state index contributed by atoms with van der Waals surface area (Å²) < 4.78 is 9.18. The Hall–Kier alpha value is -6.49. The van der Waals surface area contributed by atoms with Crippen molar-refractivity contribution in [2.24, 2.45) is 0 Å². The van der Waals surface area contributed by atoms with Crippen molar-refractivity contribution in [2.75, 3.05) is 0 Å². The average molecular weight is 916 g/mol. The molecule has 6 heterocycles. The van der Waals surface area contributed by atoms with Crippen molar-refractivity contribution in [3.8, 4) is 43.9 Å². The molecular formula is C37H27BrN10O6S4. The molecule has 8 rings (SSSR count). The molecular weight excluding hydrogens is 889 g/mol. The number of thiophene rings is 2. The smallest absolute Gasteiger partial charge is 0.340 e. The van der Waals surface area contributed by atoms with Gasteiger partial charge in [-0.15, -0.1) is 22.7 Å². The first kappa shape index (κ1) is 42.6. The highest BCUT2D eigenvalue weighted by atomic mass is 79.9. The molecule has 6 aromatic heterocycles. The van der Waals surface area contributed by atoms with E-state index < -0.39 is 22.6 Å². The summed E-state index contributed by atoms with van der Waals surface area (Å²) in [6.45, 7) is 14.2. The normalized spacial score (nSPS) is 10.2. The van der Waals surface area contributed by atoms with E-state index >= 15 is 0 Å². The van der Waals surface area contributed by atoms with Crippen LogP contribution in [0.25, 0.3) is 53.6 Å². The summed E-state index contributed by atoms with van der Waals surface area (Å²) in [5.41, 5.74) is 3.64. The molecule has 0 aliphatic heterocycles. The highest BCUT2D eigenvalue weighted by molar-refractivity contribution is 9.08. The molecule has 0 radical (unpaired) electrons. The number of hydrogen-bond acceptors (Lipinski definition) is 13. The Kier molecular flexibility index (Phi) is 14.8. The Balaban J connectivity index is 0.000000180. The summed E-state index contributed by atoms with van der Waals surface area (Å²) in [6.07, 6.45) is 0. The quantitative estimate of drug-likeness (QED) is 0.0318. The molecule has 0 aliphatic rings. The Labute approximate surface area is 352 Å². The molecule has 0 unspecified atom stereocenters. The van der Waals surface area contributed by atoms with Crippen molar-refractivity contribution in [2.45, 2.75) is 23.7 Å². The number of aromatic amines is 5. The number of thioether (sulfide) groups is 1. The van der Waals surface area contributed by atoms with Gasteiger partial charge in [-0.3, -0.25) is 28.6 Å². The van der Waals surface area contributed by atoms with Crippen LogP contribution in [0.3, 0.4) is 0 Å². The van der Waals surface area contributed by atoms with Crippen molar-refractivity contribution in [1.29, 1.82) is 0 Å². The average Bonchev–Trinajstić information content (AvgIpc) is 4.07. The maximum absolute atomic E-state index is 12.3. The molecule has 2 aromatic carbocycles. The zero-order chi connectivity index (χ0) is 40.3. The number of benzene rings is 2. The van der Waals surface area contributed by atoms with Gasteiger partial charge in [-0.1, -0.05) is 94.0 Å². The minimum absolute atomic E-state index is 0. The molecule has 58 heavy (non-hydrogen) atoms. The Morgan fingerprint density at radius 3 is 1.83 bits per heavy atom. The van der Waals surface area contributed by atoms with E-state index in [4.69, 9.17) is 25.4 Å². The summed E-state index contributed by atoms with van der Waals surface area (Å²) in [6, 6.07) is 22.5. The maximum atomic E-state index is 12.3. The van der Waals surface area contributed by atoms with Gasteiger partial charge in [-0.05, 0) is 58.4 Å². The molecule has 0 saturated carbocycles. The monoisotopic (exact) mass is 914 g/mol. The largest absolute Gasteiger partial charge is 0.439 e. The molecule has 21 heteroatoms. The van der Waals surface area contributed by atoms with Gasteiger partial charge in [0, 0.05) is 32.0 Å². The van der Waals surface area contributed by atoms with Crippen LogP contribution in [0.2, 0.25) is 0 Å². The van der Waals surface area contributed by atoms with Gasteiger partial charge in [-0.2, -0.15) is 0 Å². The number of nitrogens with one attached hydrogen (secondary N) is 5. The van der Waals surface area contributed by atoms with Gasteiger partial charge in [0.05, 0.1) is 24.5 Å². The topological polar surface area (TPSA) is 221 Å². The SMILES string of the molecule is C.O=c1[nH]c(-c2cccc(CBr)c2)no1.[C-]#[N+]c1c(-c2cccs2)[nH]c(=S)[nH]c1=O.[C-]#[N+]c1c(-c2cccs2)nc(SCc2cccc(-c3noc(=O)[nH]3)c2)[nH]c1=O. The molecule has 8 aromatic rings. The van der Waals surface area contributed by atoms with Crippen molar-refractivity contribution < 1.29 is 9.05 Å². The third kappa shape index (κ3) is 10.7. The number of halogens is 1. The van der Waals surface area contributed by atoms with E-state index in [1.54, 1.807) is 0 Å². The third-order valence-electron chi connectivity index (χ3n) is 7.35. The van der Waals surface area contributed by atoms with Crippen LogP contribution in [0.1, 0.15) is 18.6 Å². The molecule has 0 saturated heterocycles. The van der Waals surface area contributed by atoms with E-state index in [1.165, 1.54) is 34.4 Å². The molecule has 0 bridgehead atoms. The Bertz CT molecular complexity index is 3020. The van der Waals surface area contributed by atoms with Crippen LogP contribution in [0, 0.1) is 17.9 Å². The molecule has 0 amide bonds. The highest BCUT2D eigenvalue weighted by Crippen LogP contribution is 2.32. The minimum atomic E-state index is -0.613. The number of H-pyrrole nitrogens is 5. The predicted octanol–water partition coefficient (Wildman–Crippen LogP) is 8.96. The molecule has 0 aliphatic carbocycles. The number of alkyl halides is 1. The van der Waals surface area contributed by atoms with Crippen molar-refractivity contribution in [3.05, 3.63) is 164 Å². The van der Waals surface area contributed by atoms with Crippen LogP contribution in [0.5, 0.6) is 0 Å². The fourth-order valence-electron chi connectivity index (χ4n) is 4.86. The van der Waals surface area contributed by atoms with E-state index in [0.717, 1.165) is 31.8 Å². The van der Waals surface area contributed by atoms with Gasteiger partial charge < -0.3 is 15.0 Å². The third-order valence-corrected chi connectivity index (χ3v) is 10.9. The number of nitrogens with zero attached hydrogens (tertiary/aromatic N) is 5. The van der Waals surface area contributed by atoms with Crippen LogP contribution >= 0.6 is 62.6 Å². The van der Waals surface area contributed by atoms with Crippen LogP contribution in [-0.4, -0.2) is 40.2 Å². The van der Waals surface area contributed by atoms with Gasteiger partial charge in [0.15, 0.2) is 21.6 Å². The summed E-state index contributed by atoms with van der Waals surface area (Å²) in [5.74, 6) is 0.185. The molecule has 0 fully saturated rings. The first-order valence-corrected chi connectivity index (χ1v) is 20.3. The van der Waals surface area contributed by atoms with E-state index in [0.29, 0.717) is 39.5 Å². The van der Waals surface area contributed by atoms with E-state index in [2.05, 4.69) is 74.9 Å². The second-order valence-corrected chi connectivity index (χ2v) is 14.9. The van der Waals surface area contributed by atoms with Crippen molar-refractivity contribution in [1.82, 2.24) is 40.2 Å². The first-order chi connectivity index (χ1) is 27.6. The molecule has 5 N–H and O–H groups in total. The second-order valence-electron chi connectivity index (χ2n) is 11.1. The van der Waals surface area contributed by atoms with Gasteiger partial charge in [0.1, 0.15) is 0 Å². The van der Waals surface area contributed by atoms with Crippen LogP contribution < -0.4 is 22.6 Å². The summed E-state index contributed by atoms with van der Waals surface area (Å²) in [4.78, 5) is 71.0. The number of rotatable bonds is 8. The molecule has 0 atom stereocenters. The van der Waals surface area contributed by atoms with Crippen LogP contribution in [0.4, 0.5) is 11.4 Å². The summed E-state index contributed by atoms with van der Waals surface area (Å²) in [5, 5.41) is 12.2. The lowest BCUT2D eigenvalue weighted by Crippen LogP contribution is -2.09. The fourth-order valence-corrected chi connectivity index (χ4v) is 7.65. The lowest BCUT2D eigenvalue weighted by atomic mass is 10.1. The Morgan fingerprint density at radius 1 is 0.724 bits per heavy atom. The van der Waals surface area contributed by atoms with Gasteiger partial charge in [-0.25, -0.2) is 24.3 Å². The van der Waals surface area contributed by atoms with E-state index in [9.17, 15) is 19.2 Å². The van der Waals surface area contributed by atoms with E-state index in [1.807, 2.05) is 83.6 Å². The van der Waals surface area contributed by atoms with Gasteiger partial charge >= 0.3 is 11.5 Å². The van der Waals surface area contributed by atoms with E-state index in [-0.39, 0.29) is 23.6 Å². The van der Waals surface area contributed by atoms with Crippen LogP contribution in [0.15, 0.2) is 117 Å². The van der Waals surface area contributed by atoms with Crippen molar-refractivity contribution >= 4 is 74.0 Å². The lowest BCUT2D eigenvalue weighted by molar-refractivity contribution is 0.387. The molecule has 292 valence electrons. The van der Waals surface area contributed by atoms with Gasteiger partial charge in [0.25, 0.3) is 22.5 Å². The van der Waals surface area contributed by atoms with Gasteiger partial charge in [0.2, 0.25) is 0 Å². The second kappa shape index (κ2) is 20.1. The summed E-state index contributed by atoms with van der Waals surface area (Å²) >= 11 is 12.4. The zero-order valence-electron chi connectivity index (χ0n) is 28.7. The van der Waals surface area contributed by atoms with Crippen LogP contribution in [-0.2, 0) is 11.1 Å². The fraction of sp³-hybridized carbons (Fsp3) is 0.0811. The minimum Gasteiger partial charge on any atom is -0.340 e. The number of hydrogen-bond donors (Lipinski definition) is 5. The molecule has 0 spiro atoms. The van der Waals surface area contributed by atoms with Crippen molar-refractivity contribution in [3.63, 3.8) is 0 Å². The Morgan fingerprint density at radius 2 is 1.29 bits per heavy atom. The predicted molar refractivity (Wildman–Crippen MR) is 230 cm³/mol. The zero-order valence-corrected chi connectivity index (χ0v) is 33.5. The lowest BCUT2D eigenvalue weighted by Gasteiger charge is -2.06. The number of aromatic nitrogens is 8. The highest BCUT2D eigenvalue weighted by Gasteiger charge is 2.15. The molecule has 16 nitrogen and oxygen atoms in total. The summed E-state index contributed by atoms with van der Waals surface area (Å²) in [7, 11) is 0. The maximum Gasteiger partial charge on any atom is 0.439 e. The first-order valence-electron chi connectivity index (χ1n) is 16.0. The standard InChI is InChI=1S/C18H11N5O3S2.C9H7BrN2O2.C9H5N3OS2.CH4/c1-19-14-13(12-6-3-7-27-12)20-17(22-16(14)24)28-9-10-4-2-5-11(8-10)15-21-18(25)26-23-15;10-5-6-2-1-3-7(4-6)8-11-9(13)14-12-8;1-10-7-6(5-3-2-4-15-5)11-9(14)12-8(7)13;/h2-8H,9H2,(H,20,22,24)(H,21,23,25);1-4H,5H2,(H,11,12,13);2-4H,(H2,11,12,13,14);1H4.